The molecule has 2 fully saturated rings. The van der Waals surface area contributed by atoms with Crippen LogP contribution in [-0.4, -0.2) is 25.8 Å². The number of benzene rings is 3. The number of allylic oxidation sites excluding steroid dienone is 1. The van der Waals surface area contributed by atoms with E-state index in [1.54, 1.807) is 16.4 Å². The molecule has 4 heteroatoms. The smallest absolute Gasteiger partial charge is 0.207 e. The van der Waals surface area contributed by atoms with Crippen molar-refractivity contribution in [2.24, 2.45) is 5.41 Å². The third kappa shape index (κ3) is 3.23. The number of sulfonamides is 1. The van der Waals surface area contributed by atoms with Crippen LogP contribution in [0.5, 0.6) is 0 Å². The quantitative estimate of drug-likeness (QED) is 0.409. The van der Waals surface area contributed by atoms with Gasteiger partial charge in [-0.2, -0.15) is 4.31 Å². The second kappa shape index (κ2) is 7.66. The molecule has 3 aromatic carbocycles. The van der Waals surface area contributed by atoms with Crippen LogP contribution in [0.4, 0.5) is 0 Å². The molecule has 0 unspecified atom stereocenters. The van der Waals surface area contributed by atoms with Crippen LogP contribution in [0, 0.1) is 12.3 Å². The van der Waals surface area contributed by atoms with Crippen LogP contribution in [0.15, 0.2) is 94.9 Å². The number of fused-ring (bicyclic) bond motifs is 1. The lowest BCUT2D eigenvalue weighted by atomic mass is 9.63. The zero-order chi connectivity index (χ0) is 23.6. The van der Waals surface area contributed by atoms with Crippen molar-refractivity contribution < 1.29 is 8.42 Å². The minimum atomic E-state index is -3.50. The first kappa shape index (κ1) is 21.8. The minimum absolute atomic E-state index is 0.0378. The zero-order valence-electron chi connectivity index (χ0n) is 19.9. The summed E-state index contributed by atoms with van der Waals surface area (Å²) in [5, 5.41) is 0. The summed E-state index contributed by atoms with van der Waals surface area (Å²) in [5.41, 5.74) is 7.89. The Morgan fingerprint density at radius 2 is 1.47 bits per heavy atom. The molecule has 2 bridgehead atoms. The van der Waals surface area contributed by atoms with Crippen LogP contribution in [0.3, 0.4) is 0 Å². The standard InChI is InChI=1S/C30H31NO2S/c1-22-12-14-25(15-13-22)34(32,33)31-19-28-23(2)18-29(16-17-30(28,20-29)21-31)27-11-7-6-10-26(27)24-8-4-3-5-9-24/h3-15H,16-21H2,1-2H3/t29-,30+/m0/s1. The van der Waals surface area contributed by atoms with Crippen molar-refractivity contribution in [3.63, 3.8) is 0 Å². The van der Waals surface area contributed by atoms with Gasteiger partial charge in [-0.05, 0) is 73.9 Å². The van der Waals surface area contributed by atoms with E-state index in [0.29, 0.717) is 18.0 Å². The molecule has 34 heavy (non-hydrogen) atoms. The summed E-state index contributed by atoms with van der Waals surface area (Å²) in [6.45, 7) is 5.37. The Kier molecular flexibility index (Phi) is 4.91. The van der Waals surface area contributed by atoms with Crippen LogP contribution in [0.1, 0.15) is 43.7 Å². The first-order valence-electron chi connectivity index (χ1n) is 12.2. The van der Waals surface area contributed by atoms with E-state index in [0.717, 1.165) is 31.2 Å². The molecule has 1 aliphatic heterocycles. The summed E-state index contributed by atoms with van der Waals surface area (Å²) in [6, 6.07) is 26.8. The molecule has 1 spiro atoms. The number of hydrogen-bond acceptors (Lipinski definition) is 2. The van der Waals surface area contributed by atoms with Crippen LogP contribution < -0.4 is 0 Å². The molecule has 1 heterocycles. The Balaban J connectivity index is 1.38. The van der Waals surface area contributed by atoms with Gasteiger partial charge in [-0.15, -0.1) is 0 Å². The highest BCUT2D eigenvalue weighted by Gasteiger charge is 2.59. The molecular formula is C30H31NO2S. The van der Waals surface area contributed by atoms with Gasteiger partial charge >= 0.3 is 0 Å². The van der Waals surface area contributed by atoms with Gasteiger partial charge in [0.15, 0.2) is 0 Å². The molecule has 0 N–H and O–H groups in total. The summed E-state index contributed by atoms with van der Waals surface area (Å²) in [4.78, 5) is 0.407. The Morgan fingerprint density at radius 1 is 0.794 bits per heavy atom. The van der Waals surface area contributed by atoms with E-state index in [1.807, 2.05) is 19.1 Å². The Morgan fingerprint density at radius 3 is 2.24 bits per heavy atom. The van der Waals surface area contributed by atoms with Gasteiger partial charge in [0, 0.05) is 23.9 Å². The first-order valence-corrected chi connectivity index (χ1v) is 13.7. The highest BCUT2D eigenvalue weighted by Crippen LogP contribution is 2.64. The van der Waals surface area contributed by atoms with E-state index in [1.165, 1.54) is 27.8 Å². The second-order valence-electron chi connectivity index (χ2n) is 10.7. The van der Waals surface area contributed by atoms with Gasteiger partial charge in [-0.3, -0.25) is 0 Å². The molecule has 6 rings (SSSR count). The van der Waals surface area contributed by atoms with Gasteiger partial charge in [0.2, 0.25) is 10.0 Å². The van der Waals surface area contributed by atoms with Gasteiger partial charge in [0.25, 0.3) is 0 Å². The van der Waals surface area contributed by atoms with Crippen molar-refractivity contribution in [1.29, 1.82) is 0 Å². The van der Waals surface area contributed by atoms with Gasteiger partial charge in [-0.1, -0.05) is 77.9 Å². The van der Waals surface area contributed by atoms with Crippen molar-refractivity contribution in [1.82, 2.24) is 4.31 Å². The maximum atomic E-state index is 13.6. The van der Waals surface area contributed by atoms with Gasteiger partial charge in [-0.25, -0.2) is 8.42 Å². The van der Waals surface area contributed by atoms with E-state index in [9.17, 15) is 8.42 Å². The molecule has 2 aliphatic carbocycles. The molecule has 0 amide bonds. The Bertz CT molecular complexity index is 1390. The van der Waals surface area contributed by atoms with Gasteiger partial charge in [0.05, 0.1) is 4.90 Å². The molecule has 2 atom stereocenters. The molecule has 1 saturated carbocycles. The van der Waals surface area contributed by atoms with Crippen molar-refractivity contribution in [2.75, 3.05) is 13.1 Å². The van der Waals surface area contributed by atoms with Gasteiger partial charge in [0.1, 0.15) is 0 Å². The maximum absolute atomic E-state index is 13.6. The lowest BCUT2D eigenvalue weighted by molar-refractivity contribution is 0.302. The summed E-state index contributed by atoms with van der Waals surface area (Å²) in [6.07, 6.45) is 4.22. The summed E-state index contributed by atoms with van der Waals surface area (Å²) >= 11 is 0. The lowest BCUT2D eigenvalue weighted by Gasteiger charge is -2.40. The van der Waals surface area contributed by atoms with E-state index >= 15 is 0 Å². The normalized spacial score (nSPS) is 26.6. The van der Waals surface area contributed by atoms with Crippen molar-refractivity contribution in [2.45, 2.75) is 49.8 Å². The van der Waals surface area contributed by atoms with Crippen molar-refractivity contribution in [3.05, 3.63) is 101 Å². The molecule has 3 nitrogen and oxygen atoms in total. The monoisotopic (exact) mass is 469 g/mol. The molecule has 0 aromatic heterocycles. The fourth-order valence-corrected chi connectivity index (χ4v) is 8.55. The molecule has 174 valence electrons. The van der Waals surface area contributed by atoms with Crippen LogP contribution in [-0.2, 0) is 15.4 Å². The molecule has 3 aliphatic rings. The summed E-state index contributed by atoms with van der Waals surface area (Å²) < 4.78 is 28.9. The largest absolute Gasteiger partial charge is 0.243 e. The van der Waals surface area contributed by atoms with E-state index in [4.69, 9.17) is 0 Å². The maximum Gasteiger partial charge on any atom is 0.243 e. The molecule has 0 radical (unpaired) electrons. The average molecular weight is 470 g/mol. The fourth-order valence-electron chi connectivity index (χ4n) is 7.05. The Labute approximate surface area is 203 Å². The number of rotatable bonds is 4. The zero-order valence-corrected chi connectivity index (χ0v) is 20.7. The second-order valence-corrected chi connectivity index (χ2v) is 12.6. The van der Waals surface area contributed by atoms with E-state index < -0.39 is 10.0 Å². The third-order valence-corrected chi connectivity index (χ3v) is 10.4. The first-order chi connectivity index (χ1) is 16.3. The van der Waals surface area contributed by atoms with E-state index in [2.05, 4.69) is 61.5 Å². The van der Waals surface area contributed by atoms with Crippen LogP contribution in [0.25, 0.3) is 11.1 Å². The highest BCUT2D eigenvalue weighted by molar-refractivity contribution is 7.89. The molecule has 3 aromatic rings. The minimum Gasteiger partial charge on any atom is -0.207 e. The van der Waals surface area contributed by atoms with E-state index in [-0.39, 0.29) is 10.8 Å². The molecular weight excluding hydrogens is 438 g/mol. The van der Waals surface area contributed by atoms with Crippen LogP contribution >= 0.6 is 0 Å². The third-order valence-electron chi connectivity index (χ3n) is 8.57. The fraction of sp³-hybridized carbons (Fsp3) is 0.333. The van der Waals surface area contributed by atoms with Gasteiger partial charge < -0.3 is 0 Å². The lowest BCUT2D eigenvalue weighted by Crippen LogP contribution is -2.34. The van der Waals surface area contributed by atoms with Crippen LogP contribution in [0.2, 0.25) is 0 Å². The predicted molar refractivity (Wildman–Crippen MR) is 137 cm³/mol. The topological polar surface area (TPSA) is 37.4 Å². The van der Waals surface area contributed by atoms with Crippen molar-refractivity contribution >= 4 is 10.0 Å². The molecule has 1 saturated heterocycles. The summed E-state index contributed by atoms with van der Waals surface area (Å²) in [7, 11) is -3.50. The predicted octanol–water partition coefficient (Wildman–Crippen LogP) is 6.49. The average Bonchev–Trinajstić information content (AvgIpc) is 3.40. The number of hydrogen-bond donors (Lipinski definition) is 0. The Hall–Kier alpha value is -2.69. The number of nitrogens with zero attached hydrogens (tertiary/aromatic N) is 1. The SMILES string of the molecule is CC1=C2CN(S(=O)(=O)c3ccc(C)cc3)C[C@]23CC[C@](c2ccccc2-c2ccccc2)(C1)C3. The van der Waals surface area contributed by atoms with Crippen molar-refractivity contribution in [3.8, 4) is 11.1 Å². The highest BCUT2D eigenvalue weighted by atomic mass is 32.2. The number of aryl methyl sites for hydroxylation is 1. The summed E-state index contributed by atoms with van der Waals surface area (Å²) in [5.74, 6) is 0.